The number of benzene rings is 3. The molecule has 3 aromatic rings. The van der Waals surface area contributed by atoms with Gasteiger partial charge in [0.2, 0.25) is 0 Å². The number of ether oxygens (including phenoxy) is 2. The molecule has 0 aliphatic carbocycles. The Kier molecular flexibility index (Phi) is 5.96. The van der Waals surface area contributed by atoms with E-state index in [-0.39, 0.29) is 5.91 Å². The Morgan fingerprint density at radius 1 is 1.03 bits per heavy atom. The topological polar surface area (TPSA) is 50.8 Å². The van der Waals surface area contributed by atoms with Crippen molar-refractivity contribution in [2.75, 3.05) is 31.2 Å². The summed E-state index contributed by atoms with van der Waals surface area (Å²) < 4.78 is 11.3. The number of nitrogens with zero attached hydrogens (tertiary/aromatic N) is 1. The number of fused-ring (bicyclic) bond motifs is 1. The zero-order valence-corrected chi connectivity index (χ0v) is 16.6. The largest absolute Gasteiger partial charge is 0.480 e. The molecule has 4 rings (SSSR count). The molecule has 0 radical (unpaired) electrons. The summed E-state index contributed by atoms with van der Waals surface area (Å²) in [5.41, 5.74) is 2.25. The standard InChI is InChI=1S/C24H26N2O3/c1-18(29-23-8-4-6-20-5-2-3-7-22(20)23)24(27)25-17-19-9-11-21(12-10-19)26-13-15-28-16-14-26/h2-12,18H,13-17H2,1H3,(H,25,27)/t18-/m1/s1. The predicted octanol–water partition coefficient (Wildman–Crippen LogP) is 3.76. The Labute approximate surface area is 171 Å². The van der Waals surface area contributed by atoms with Gasteiger partial charge in [-0.05, 0) is 36.1 Å². The van der Waals surface area contributed by atoms with Crippen LogP contribution in [0.3, 0.4) is 0 Å². The number of amides is 1. The first-order valence-corrected chi connectivity index (χ1v) is 10.0. The van der Waals surface area contributed by atoms with Crippen LogP contribution in [-0.2, 0) is 16.1 Å². The Balaban J connectivity index is 1.33. The van der Waals surface area contributed by atoms with Crippen molar-refractivity contribution in [2.45, 2.75) is 19.6 Å². The second-order valence-corrected chi connectivity index (χ2v) is 7.22. The second-order valence-electron chi connectivity index (χ2n) is 7.22. The van der Waals surface area contributed by atoms with Crippen LogP contribution in [0.4, 0.5) is 5.69 Å². The van der Waals surface area contributed by atoms with E-state index in [4.69, 9.17) is 9.47 Å². The maximum Gasteiger partial charge on any atom is 0.261 e. The summed E-state index contributed by atoms with van der Waals surface area (Å²) in [6.07, 6.45) is -0.576. The Morgan fingerprint density at radius 3 is 2.55 bits per heavy atom. The van der Waals surface area contributed by atoms with E-state index < -0.39 is 6.10 Å². The Bertz CT molecular complexity index is 960. The van der Waals surface area contributed by atoms with Crippen LogP contribution in [0.15, 0.2) is 66.7 Å². The molecule has 1 N–H and O–H groups in total. The zero-order chi connectivity index (χ0) is 20.1. The van der Waals surface area contributed by atoms with Crippen LogP contribution in [0, 0.1) is 0 Å². The van der Waals surface area contributed by atoms with Crippen molar-refractivity contribution in [3.63, 3.8) is 0 Å². The number of morpholine rings is 1. The lowest BCUT2D eigenvalue weighted by molar-refractivity contribution is -0.127. The number of rotatable bonds is 6. The monoisotopic (exact) mass is 390 g/mol. The summed E-state index contributed by atoms with van der Waals surface area (Å²) in [4.78, 5) is 14.8. The molecule has 0 saturated carbocycles. The van der Waals surface area contributed by atoms with E-state index in [9.17, 15) is 4.79 Å². The molecule has 29 heavy (non-hydrogen) atoms. The fourth-order valence-corrected chi connectivity index (χ4v) is 3.52. The minimum Gasteiger partial charge on any atom is -0.480 e. The average molecular weight is 390 g/mol. The molecule has 1 saturated heterocycles. The van der Waals surface area contributed by atoms with E-state index in [1.165, 1.54) is 5.69 Å². The predicted molar refractivity (Wildman–Crippen MR) is 115 cm³/mol. The summed E-state index contributed by atoms with van der Waals surface area (Å²) in [5.74, 6) is 0.593. The maximum absolute atomic E-state index is 12.5. The quantitative estimate of drug-likeness (QED) is 0.696. The highest BCUT2D eigenvalue weighted by Gasteiger charge is 2.16. The van der Waals surface area contributed by atoms with Crippen molar-refractivity contribution >= 4 is 22.4 Å². The van der Waals surface area contributed by atoms with E-state index in [1.807, 2.05) is 42.5 Å². The molecule has 3 aromatic carbocycles. The smallest absolute Gasteiger partial charge is 0.261 e. The van der Waals surface area contributed by atoms with Gasteiger partial charge in [-0.2, -0.15) is 0 Å². The summed E-state index contributed by atoms with van der Waals surface area (Å²) >= 11 is 0. The van der Waals surface area contributed by atoms with Crippen LogP contribution in [0.2, 0.25) is 0 Å². The van der Waals surface area contributed by atoms with Gasteiger partial charge in [0.1, 0.15) is 5.75 Å². The molecule has 1 atom stereocenters. The van der Waals surface area contributed by atoms with Crippen molar-refractivity contribution in [1.29, 1.82) is 0 Å². The SMILES string of the molecule is C[C@@H](Oc1cccc2ccccc12)C(=O)NCc1ccc(N2CCOCC2)cc1. The van der Waals surface area contributed by atoms with E-state index in [2.05, 4.69) is 34.5 Å². The van der Waals surface area contributed by atoms with Crippen LogP contribution in [0.1, 0.15) is 12.5 Å². The molecule has 150 valence electrons. The number of carbonyl (C=O) groups excluding carboxylic acids is 1. The van der Waals surface area contributed by atoms with Gasteiger partial charge in [-0.25, -0.2) is 0 Å². The normalized spacial score (nSPS) is 15.1. The summed E-state index contributed by atoms with van der Waals surface area (Å²) in [6.45, 7) is 5.63. The molecule has 1 heterocycles. The van der Waals surface area contributed by atoms with Gasteiger partial charge in [0.25, 0.3) is 5.91 Å². The van der Waals surface area contributed by atoms with Gasteiger partial charge in [0, 0.05) is 30.7 Å². The van der Waals surface area contributed by atoms with E-state index in [1.54, 1.807) is 6.92 Å². The highest BCUT2D eigenvalue weighted by molar-refractivity contribution is 5.89. The summed E-state index contributed by atoms with van der Waals surface area (Å²) in [6, 6.07) is 22.2. The molecule has 1 amide bonds. The maximum atomic E-state index is 12.5. The number of carbonyl (C=O) groups is 1. The molecule has 1 fully saturated rings. The minimum atomic E-state index is -0.576. The minimum absolute atomic E-state index is 0.129. The first-order chi connectivity index (χ1) is 14.2. The number of hydrogen-bond acceptors (Lipinski definition) is 4. The van der Waals surface area contributed by atoms with E-state index in [0.29, 0.717) is 6.54 Å². The number of nitrogens with one attached hydrogen (secondary N) is 1. The Morgan fingerprint density at radius 2 is 1.76 bits per heavy atom. The molecule has 0 spiro atoms. The van der Waals surface area contributed by atoms with Gasteiger partial charge in [-0.1, -0.05) is 48.5 Å². The van der Waals surface area contributed by atoms with Gasteiger partial charge in [0.05, 0.1) is 13.2 Å². The van der Waals surface area contributed by atoms with E-state index >= 15 is 0 Å². The lowest BCUT2D eigenvalue weighted by atomic mass is 10.1. The first-order valence-electron chi connectivity index (χ1n) is 10.0. The van der Waals surface area contributed by atoms with Crippen LogP contribution in [0.5, 0.6) is 5.75 Å². The summed E-state index contributed by atoms with van der Waals surface area (Å²) in [5, 5.41) is 5.07. The lowest BCUT2D eigenvalue weighted by Gasteiger charge is -2.28. The Hall–Kier alpha value is -3.05. The second kappa shape index (κ2) is 8.97. The molecular formula is C24H26N2O3. The van der Waals surface area contributed by atoms with Crippen LogP contribution in [0.25, 0.3) is 10.8 Å². The van der Waals surface area contributed by atoms with Crippen LogP contribution < -0.4 is 15.0 Å². The number of anilines is 1. The van der Waals surface area contributed by atoms with Crippen molar-refractivity contribution in [3.8, 4) is 5.75 Å². The van der Waals surface area contributed by atoms with Crippen LogP contribution in [-0.4, -0.2) is 38.3 Å². The fraction of sp³-hybridized carbons (Fsp3) is 0.292. The van der Waals surface area contributed by atoms with Crippen molar-refractivity contribution in [1.82, 2.24) is 5.32 Å². The third kappa shape index (κ3) is 4.69. The molecule has 0 unspecified atom stereocenters. The van der Waals surface area contributed by atoms with Gasteiger partial charge < -0.3 is 19.7 Å². The van der Waals surface area contributed by atoms with E-state index in [0.717, 1.165) is 48.4 Å². The average Bonchev–Trinajstić information content (AvgIpc) is 2.78. The molecule has 5 heteroatoms. The van der Waals surface area contributed by atoms with Gasteiger partial charge in [-0.3, -0.25) is 4.79 Å². The molecule has 1 aliphatic heterocycles. The first kappa shape index (κ1) is 19.3. The fourth-order valence-electron chi connectivity index (χ4n) is 3.52. The van der Waals surface area contributed by atoms with Crippen molar-refractivity contribution in [3.05, 3.63) is 72.3 Å². The molecule has 0 bridgehead atoms. The van der Waals surface area contributed by atoms with Crippen molar-refractivity contribution in [2.24, 2.45) is 0 Å². The van der Waals surface area contributed by atoms with Gasteiger partial charge in [-0.15, -0.1) is 0 Å². The van der Waals surface area contributed by atoms with Crippen molar-refractivity contribution < 1.29 is 14.3 Å². The zero-order valence-electron chi connectivity index (χ0n) is 16.6. The molecule has 1 aliphatic rings. The van der Waals surface area contributed by atoms with Gasteiger partial charge in [0.15, 0.2) is 6.10 Å². The molecular weight excluding hydrogens is 364 g/mol. The molecule has 5 nitrogen and oxygen atoms in total. The third-order valence-electron chi connectivity index (χ3n) is 5.20. The molecule has 0 aromatic heterocycles. The van der Waals surface area contributed by atoms with Gasteiger partial charge >= 0.3 is 0 Å². The van der Waals surface area contributed by atoms with Crippen LogP contribution >= 0.6 is 0 Å². The lowest BCUT2D eigenvalue weighted by Crippen LogP contribution is -2.36. The number of hydrogen-bond donors (Lipinski definition) is 1. The third-order valence-corrected chi connectivity index (χ3v) is 5.20. The summed E-state index contributed by atoms with van der Waals surface area (Å²) in [7, 11) is 0. The highest BCUT2D eigenvalue weighted by atomic mass is 16.5. The highest BCUT2D eigenvalue weighted by Crippen LogP contribution is 2.26.